The van der Waals surface area contributed by atoms with Crippen LogP contribution in [0, 0.1) is 0 Å². The van der Waals surface area contributed by atoms with Crippen LogP contribution in [-0.2, 0) is 13.0 Å². The Labute approximate surface area is 169 Å². The number of aromatic nitrogens is 5. The van der Waals surface area contributed by atoms with Crippen molar-refractivity contribution in [2.24, 2.45) is 0 Å². The van der Waals surface area contributed by atoms with Crippen LogP contribution < -0.4 is 5.32 Å². The summed E-state index contributed by atoms with van der Waals surface area (Å²) in [4.78, 5) is 9.44. The van der Waals surface area contributed by atoms with Gasteiger partial charge in [0.15, 0.2) is 11.5 Å². The Morgan fingerprint density at radius 1 is 1.18 bits per heavy atom. The number of nitrogens with one attached hydrogen (secondary N) is 1. The molecule has 0 spiro atoms. The molecule has 7 nitrogen and oxygen atoms in total. The van der Waals surface area contributed by atoms with Crippen LogP contribution >= 0.6 is 12.4 Å². The van der Waals surface area contributed by atoms with Gasteiger partial charge in [0.05, 0.1) is 22.8 Å². The second-order valence-corrected chi connectivity index (χ2v) is 6.53. The number of halogens is 1. The molecule has 0 aliphatic heterocycles. The van der Waals surface area contributed by atoms with E-state index in [9.17, 15) is 0 Å². The van der Waals surface area contributed by atoms with E-state index < -0.39 is 0 Å². The van der Waals surface area contributed by atoms with Crippen molar-refractivity contribution in [1.82, 2.24) is 30.2 Å². The lowest BCUT2D eigenvalue weighted by atomic mass is 10.1. The molecule has 3 aromatic heterocycles. The average molecular weight is 399 g/mol. The van der Waals surface area contributed by atoms with E-state index in [1.54, 1.807) is 0 Å². The summed E-state index contributed by atoms with van der Waals surface area (Å²) in [6.45, 7) is 4.87. The largest absolute Gasteiger partial charge is 0.334 e. The van der Waals surface area contributed by atoms with Gasteiger partial charge >= 0.3 is 0 Å². The van der Waals surface area contributed by atoms with Crippen LogP contribution in [-0.4, -0.2) is 38.0 Å². The Balaban J connectivity index is 0.00000225. The molecule has 4 aromatic rings. The van der Waals surface area contributed by atoms with E-state index in [1.807, 2.05) is 61.2 Å². The van der Waals surface area contributed by atoms with Crippen molar-refractivity contribution in [3.05, 3.63) is 48.4 Å². The minimum Gasteiger partial charge on any atom is -0.334 e. The first kappa shape index (κ1) is 20.0. The first-order valence-electron chi connectivity index (χ1n) is 9.11. The maximum Gasteiger partial charge on any atom is 0.258 e. The van der Waals surface area contributed by atoms with E-state index in [4.69, 9.17) is 9.51 Å². The molecule has 28 heavy (non-hydrogen) atoms. The molecule has 0 radical (unpaired) electrons. The van der Waals surface area contributed by atoms with Crippen LogP contribution in [0.2, 0.25) is 0 Å². The van der Waals surface area contributed by atoms with Crippen LogP contribution in [0.15, 0.2) is 47.1 Å². The van der Waals surface area contributed by atoms with E-state index in [1.165, 1.54) is 0 Å². The number of benzene rings is 1. The first-order chi connectivity index (χ1) is 13.2. The summed E-state index contributed by atoms with van der Waals surface area (Å²) in [5, 5.41) is 12.7. The number of hydrogen-bond acceptors (Lipinski definition) is 6. The summed E-state index contributed by atoms with van der Waals surface area (Å²) in [5.41, 5.74) is 3.57. The molecule has 0 aliphatic carbocycles. The Hall–Kier alpha value is -2.77. The van der Waals surface area contributed by atoms with E-state index in [0.717, 1.165) is 34.4 Å². The molecule has 1 atom stereocenters. The van der Waals surface area contributed by atoms with Crippen LogP contribution in [0.4, 0.5) is 0 Å². The van der Waals surface area contributed by atoms with Crippen molar-refractivity contribution in [3.8, 4) is 22.7 Å². The normalized spacial score (nSPS) is 12.1. The van der Waals surface area contributed by atoms with E-state index in [0.29, 0.717) is 18.1 Å². The molecule has 0 aliphatic rings. The molecule has 1 aromatic carbocycles. The third-order valence-corrected chi connectivity index (χ3v) is 4.66. The van der Waals surface area contributed by atoms with Gasteiger partial charge in [-0.15, -0.1) is 12.4 Å². The summed E-state index contributed by atoms with van der Waals surface area (Å²) in [5.74, 6) is 1.18. The maximum absolute atomic E-state index is 5.58. The topological polar surface area (TPSA) is 81.7 Å². The third-order valence-electron chi connectivity index (χ3n) is 4.66. The van der Waals surface area contributed by atoms with Crippen molar-refractivity contribution in [2.75, 3.05) is 7.05 Å². The fraction of sp³-hybridized carbons (Fsp3) is 0.300. The third kappa shape index (κ3) is 3.76. The lowest BCUT2D eigenvalue weighted by molar-refractivity contribution is 0.418. The second-order valence-electron chi connectivity index (χ2n) is 6.53. The Morgan fingerprint density at radius 3 is 2.68 bits per heavy atom. The smallest absolute Gasteiger partial charge is 0.258 e. The molecular formula is C20H23ClN6O. The van der Waals surface area contributed by atoms with Gasteiger partial charge in [0, 0.05) is 24.6 Å². The highest BCUT2D eigenvalue weighted by molar-refractivity contribution is 5.92. The highest BCUT2D eigenvalue weighted by Crippen LogP contribution is 2.31. The van der Waals surface area contributed by atoms with Crippen molar-refractivity contribution in [1.29, 1.82) is 0 Å². The molecule has 1 unspecified atom stereocenters. The first-order valence-corrected chi connectivity index (χ1v) is 9.11. The second kappa shape index (κ2) is 8.50. The molecule has 0 saturated heterocycles. The summed E-state index contributed by atoms with van der Waals surface area (Å²) in [6.07, 6.45) is 2.52. The van der Waals surface area contributed by atoms with Crippen molar-refractivity contribution >= 4 is 23.4 Å². The minimum atomic E-state index is 0. The molecule has 4 rings (SSSR count). The molecule has 3 heterocycles. The van der Waals surface area contributed by atoms with Gasteiger partial charge in [-0.2, -0.15) is 10.1 Å². The highest BCUT2D eigenvalue weighted by Gasteiger charge is 2.18. The molecule has 146 valence electrons. The zero-order valence-electron chi connectivity index (χ0n) is 16.1. The van der Waals surface area contributed by atoms with E-state index in [2.05, 4.69) is 27.5 Å². The average Bonchev–Trinajstić information content (AvgIpc) is 3.34. The van der Waals surface area contributed by atoms with Gasteiger partial charge in [0.2, 0.25) is 0 Å². The van der Waals surface area contributed by atoms with Gasteiger partial charge in [0.25, 0.3) is 5.89 Å². The number of rotatable bonds is 6. The lowest BCUT2D eigenvalue weighted by Gasteiger charge is -2.06. The maximum atomic E-state index is 5.58. The fourth-order valence-corrected chi connectivity index (χ4v) is 3.04. The quantitative estimate of drug-likeness (QED) is 0.532. The van der Waals surface area contributed by atoms with Gasteiger partial charge in [0.1, 0.15) is 0 Å². The molecule has 1 N–H and O–H groups in total. The number of likely N-dealkylation sites (N-methyl/N-ethyl adjacent to an activating group) is 1. The molecule has 0 bridgehead atoms. The van der Waals surface area contributed by atoms with Crippen molar-refractivity contribution in [3.63, 3.8) is 0 Å². The molecule has 0 saturated carbocycles. The number of fused-ring (bicyclic) bond motifs is 1. The van der Waals surface area contributed by atoms with Gasteiger partial charge in [-0.25, -0.2) is 9.67 Å². The van der Waals surface area contributed by atoms with Crippen LogP contribution in [0.1, 0.15) is 19.7 Å². The Bertz CT molecular complexity index is 1060. The van der Waals surface area contributed by atoms with Crippen LogP contribution in [0.5, 0.6) is 0 Å². The van der Waals surface area contributed by atoms with Crippen molar-refractivity contribution in [2.45, 2.75) is 32.9 Å². The summed E-state index contributed by atoms with van der Waals surface area (Å²) in [7, 11) is 1.92. The lowest BCUT2D eigenvalue weighted by Crippen LogP contribution is -2.24. The van der Waals surface area contributed by atoms with E-state index in [-0.39, 0.29) is 18.4 Å². The molecule has 0 amide bonds. The van der Waals surface area contributed by atoms with Gasteiger partial charge in [-0.3, -0.25) is 0 Å². The van der Waals surface area contributed by atoms with Crippen LogP contribution in [0.25, 0.3) is 33.7 Å². The summed E-state index contributed by atoms with van der Waals surface area (Å²) >= 11 is 0. The predicted octanol–water partition coefficient (Wildman–Crippen LogP) is 3.74. The number of hydrogen-bond donors (Lipinski definition) is 1. The molecule has 0 fully saturated rings. The fourth-order valence-electron chi connectivity index (χ4n) is 3.04. The standard InChI is InChI=1S/C20H22N6O.ClH/c1-4-26-19-16(12-22-26)15(11-17(23-19)14-8-6-5-7-9-14)20-24-18(25-27-20)10-13(2)21-3;/h5-9,11-13,21H,4,10H2,1-3H3;1H. The zero-order valence-corrected chi connectivity index (χ0v) is 16.9. The summed E-state index contributed by atoms with van der Waals surface area (Å²) < 4.78 is 7.46. The predicted molar refractivity (Wildman–Crippen MR) is 111 cm³/mol. The SMILES string of the molecule is CCn1ncc2c(-c3nc(CC(C)NC)no3)cc(-c3ccccc3)nc21.Cl. The van der Waals surface area contributed by atoms with Crippen molar-refractivity contribution < 1.29 is 4.52 Å². The molecule has 8 heteroatoms. The Kier molecular flexibility index (Phi) is 6.06. The zero-order chi connectivity index (χ0) is 18.8. The van der Waals surface area contributed by atoms with E-state index >= 15 is 0 Å². The van der Waals surface area contributed by atoms with Gasteiger partial charge in [-0.05, 0) is 27.0 Å². The van der Waals surface area contributed by atoms with Crippen LogP contribution in [0.3, 0.4) is 0 Å². The Morgan fingerprint density at radius 2 is 1.96 bits per heavy atom. The van der Waals surface area contributed by atoms with Gasteiger partial charge in [-0.1, -0.05) is 35.5 Å². The highest BCUT2D eigenvalue weighted by atomic mass is 35.5. The number of nitrogens with zero attached hydrogens (tertiary/aromatic N) is 5. The minimum absolute atomic E-state index is 0. The summed E-state index contributed by atoms with van der Waals surface area (Å²) in [6, 6.07) is 12.3. The number of aryl methyl sites for hydroxylation is 1. The van der Waals surface area contributed by atoms with Gasteiger partial charge < -0.3 is 9.84 Å². The monoisotopic (exact) mass is 398 g/mol. The molecular weight excluding hydrogens is 376 g/mol. The number of pyridine rings is 1.